The third-order valence-electron chi connectivity index (χ3n) is 4.53. The van der Waals surface area contributed by atoms with Gasteiger partial charge in [-0.3, -0.25) is 4.79 Å². The van der Waals surface area contributed by atoms with E-state index in [1.807, 2.05) is 37.3 Å². The van der Waals surface area contributed by atoms with Gasteiger partial charge in [0.25, 0.3) is 0 Å². The molecule has 1 fully saturated rings. The molecule has 1 saturated carbocycles. The van der Waals surface area contributed by atoms with E-state index in [0.29, 0.717) is 5.76 Å². The quantitative estimate of drug-likeness (QED) is 0.806. The van der Waals surface area contributed by atoms with Crippen LogP contribution in [0.3, 0.4) is 0 Å². The number of furan rings is 1. The lowest BCUT2D eigenvalue weighted by atomic mass is 10.0. The SMILES string of the molecule is CC(C(=O)N(CC#N)C1CCCC1)c1cc2ccccc2o1. The second-order valence-corrected chi connectivity index (χ2v) is 5.97. The second-order valence-electron chi connectivity index (χ2n) is 5.97. The van der Waals surface area contributed by atoms with Crippen LogP contribution in [0.1, 0.15) is 44.3 Å². The Morgan fingerprint density at radius 1 is 1.41 bits per heavy atom. The highest BCUT2D eigenvalue weighted by Gasteiger charge is 2.31. The van der Waals surface area contributed by atoms with Gasteiger partial charge >= 0.3 is 0 Å². The van der Waals surface area contributed by atoms with Gasteiger partial charge in [0.1, 0.15) is 17.9 Å². The lowest BCUT2D eigenvalue weighted by Crippen LogP contribution is -2.41. The maximum Gasteiger partial charge on any atom is 0.234 e. The van der Waals surface area contributed by atoms with Crippen molar-refractivity contribution in [3.8, 4) is 6.07 Å². The monoisotopic (exact) mass is 296 g/mol. The molecular weight excluding hydrogens is 276 g/mol. The Hall–Kier alpha value is -2.28. The molecule has 0 saturated heterocycles. The van der Waals surface area contributed by atoms with Gasteiger partial charge in [0, 0.05) is 11.4 Å². The minimum atomic E-state index is -0.360. The van der Waals surface area contributed by atoms with Crippen molar-refractivity contribution in [3.63, 3.8) is 0 Å². The summed E-state index contributed by atoms with van der Waals surface area (Å²) in [5, 5.41) is 10.0. The van der Waals surface area contributed by atoms with Gasteiger partial charge in [-0.15, -0.1) is 0 Å². The van der Waals surface area contributed by atoms with Crippen molar-refractivity contribution >= 4 is 16.9 Å². The summed E-state index contributed by atoms with van der Waals surface area (Å²) in [4.78, 5) is 14.6. The van der Waals surface area contributed by atoms with Crippen molar-refractivity contribution in [1.29, 1.82) is 5.26 Å². The summed E-state index contributed by atoms with van der Waals surface area (Å²) < 4.78 is 5.81. The fourth-order valence-corrected chi connectivity index (χ4v) is 3.27. The van der Waals surface area contributed by atoms with Crippen molar-refractivity contribution in [2.45, 2.75) is 44.6 Å². The normalized spacial score (nSPS) is 16.5. The summed E-state index contributed by atoms with van der Waals surface area (Å²) >= 11 is 0. The number of hydrogen-bond acceptors (Lipinski definition) is 3. The van der Waals surface area contributed by atoms with E-state index in [1.165, 1.54) is 0 Å². The highest BCUT2D eigenvalue weighted by atomic mass is 16.3. The maximum absolute atomic E-state index is 12.8. The van der Waals surface area contributed by atoms with Crippen LogP contribution < -0.4 is 0 Å². The summed E-state index contributed by atoms with van der Waals surface area (Å²) in [6, 6.07) is 12.0. The smallest absolute Gasteiger partial charge is 0.234 e. The molecule has 1 amide bonds. The number of rotatable bonds is 4. The Bertz CT molecular complexity index is 674. The Morgan fingerprint density at radius 2 is 2.14 bits per heavy atom. The topological polar surface area (TPSA) is 57.2 Å². The third kappa shape index (κ3) is 2.71. The van der Waals surface area contributed by atoms with E-state index in [-0.39, 0.29) is 24.4 Å². The largest absolute Gasteiger partial charge is 0.460 e. The number of fused-ring (bicyclic) bond motifs is 1. The molecule has 1 heterocycles. The lowest BCUT2D eigenvalue weighted by Gasteiger charge is -2.28. The predicted octanol–water partition coefficient (Wildman–Crippen LogP) is 3.83. The van der Waals surface area contributed by atoms with E-state index in [2.05, 4.69) is 6.07 Å². The maximum atomic E-state index is 12.8. The number of carbonyl (C=O) groups is 1. The van der Waals surface area contributed by atoms with Crippen LogP contribution in [0.4, 0.5) is 0 Å². The zero-order valence-electron chi connectivity index (χ0n) is 12.8. The van der Waals surface area contributed by atoms with Crippen molar-refractivity contribution in [2.75, 3.05) is 6.54 Å². The predicted molar refractivity (Wildman–Crippen MR) is 84.2 cm³/mol. The summed E-state index contributed by atoms with van der Waals surface area (Å²) in [6.07, 6.45) is 4.28. The van der Waals surface area contributed by atoms with Crippen LogP contribution in [0.5, 0.6) is 0 Å². The summed E-state index contributed by atoms with van der Waals surface area (Å²) in [7, 11) is 0. The molecule has 0 spiro atoms. The number of hydrogen-bond donors (Lipinski definition) is 0. The zero-order chi connectivity index (χ0) is 15.5. The van der Waals surface area contributed by atoms with Crippen molar-refractivity contribution in [1.82, 2.24) is 4.90 Å². The molecule has 1 aliphatic rings. The molecule has 4 heteroatoms. The number of carbonyl (C=O) groups excluding carboxylic acids is 1. The second kappa shape index (κ2) is 6.23. The van der Waals surface area contributed by atoms with E-state index in [4.69, 9.17) is 9.68 Å². The van der Waals surface area contributed by atoms with Gasteiger partial charge in [0.05, 0.1) is 12.0 Å². The molecule has 4 nitrogen and oxygen atoms in total. The first kappa shape index (κ1) is 14.6. The van der Waals surface area contributed by atoms with E-state index >= 15 is 0 Å². The molecule has 1 atom stereocenters. The fraction of sp³-hybridized carbons (Fsp3) is 0.444. The Morgan fingerprint density at radius 3 is 2.82 bits per heavy atom. The summed E-state index contributed by atoms with van der Waals surface area (Å²) in [5.74, 6) is 0.306. The van der Waals surface area contributed by atoms with Gasteiger partial charge in [-0.1, -0.05) is 31.0 Å². The standard InChI is InChI=1S/C18H20N2O2/c1-13(17-12-14-6-2-5-9-16(14)22-17)18(21)20(11-10-19)15-7-3-4-8-15/h2,5-6,9,12-13,15H,3-4,7-8,11H2,1H3. The average molecular weight is 296 g/mol. The van der Waals surface area contributed by atoms with Crippen molar-refractivity contribution in [3.05, 3.63) is 36.1 Å². The van der Waals surface area contributed by atoms with Crippen LogP contribution >= 0.6 is 0 Å². The van der Waals surface area contributed by atoms with Crippen LogP contribution in [0, 0.1) is 11.3 Å². The van der Waals surface area contributed by atoms with E-state index in [1.54, 1.807) is 4.90 Å². The first-order valence-electron chi connectivity index (χ1n) is 7.86. The van der Waals surface area contributed by atoms with Crippen LogP contribution in [0.25, 0.3) is 11.0 Å². The minimum absolute atomic E-state index is 0.00694. The van der Waals surface area contributed by atoms with Gasteiger partial charge in [-0.2, -0.15) is 5.26 Å². The van der Waals surface area contributed by atoms with Gasteiger partial charge in [0.2, 0.25) is 5.91 Å². The Kier molecular flexibility index (Phi) is 4.15. The molecule has 0 aliphatic heterocycles. The molecular formula is C18H20N2O2. The van der Waals surface area contributed by atoms with E-state index in [9.17, 15) is 4.79 Å². The van der Waals surface area contributed by atoms with Crippen LogP contribution in [0.2, 0.25) is 0 Å². The highest BCUT2D eigenvalue weighted by Crippen LogP contribution is 2.29. The molecule has 1 unspecified atom stereocenters. The summed E-state index contributed by atoms with van der Waals surface area (Å²) in [5.41, 5.74) is 0.796. The van der Waals surface area contributed by atoms with Gasteiger partial charge < -0.3 is 9.32 Å². The van der Waals surface area contributed by atoms with Gasteiger partial charge in [0.15, 0.2) is 0 Å². The number of nitriles is 1. The molecule has 1 aromatic heterocycles. The number of para-hydroxylation sites is 1. The molecule has 0 bridgehead atoms. The molecule has 0 N–H and O–H groups in total. The Labute approximate surface area is 130 Å². The lowest BCUT2D eigenvalue weighted by molar-refractivity contribution is -0.134. The van der Waals surface area contributed by atoms with Crippen LogP contribution in [0.15, 0.2) is 34.7 Å². The molecule has 0 radical (unpaired) electrons. The van der Waals surface area contributed by atoms with Crippen LogP contribution in [-0.2, 0) is 4.79 Å². The molecule has 1 aromatic carbocycles. The molecule has 1 aliphatic carbocycles. The minimum Gasteiger partial charge on any atom is -0.460 e. The van der Waals surface area contributed by atoms with Crippen LogP contribution in [-0.4, -0.2) is 23.4 Å². The molecule has 22 heavy (non-hydrogen) atoms. The molecule has 2 aromatic rings. The van der Waals surface area contributed by atoms with Gasteiger partial charge in [-0.25, -0.2) is 0 Å². The first-order chi connectivity index (χ1) is 10.7. The highest BCUT2D eigenvalue weighted by molar-refractivity contribution is 5.86. The molecule has 114 valence electrons. The molecule has 3 rings (SSSR count). The average Bonchev–Trinajstić information content (AvgIpc) is 3.20. The van der Waals surface area contributed by atoms with Crippen molar-refractivity contribution in [2.24, 2.45) is 0 Å². The number of nitrogens with zero attached hydrogens (tertiary/aromatic N) is 2. The number of amides is 1. The summed E-state index contributed by atoms with van der Waals surface area (Å²) in [6.45, 7) is 2.02. The van der Waals surface area contributed by atoms with Crippen molar-refractivity contribution < 1.29 is 9.21 Å². The van der Waals surface area contributed by atoms with E-state index in [0.717, 1.165) is 36.7 Å². The first-order valence-corrected chi connectivity index (χ1v) is 7.86. The van der Waals surface area contributed by atoms with Gasteiger partial charge in [-0.05, 0) is 31.9 Å². The number of benzene rings is 1. The zero-order valence-corrected chi connectivity index (χ0v) is 12.8. The Balaban J connectivity index is 1.83. The van der Waals surface area contributed by atoms with E-state index < -0.39 is 0 Å². The third-order valence-corrected chi connectivity index (χ3v) is 4.53. The fourth-order valence-electron chi connectivity index (χ4n) is 3.27.